The van der Waals surface area contributed by atoms with E-state index >= 15 is 0 Å². The molecule has 0 aliphatic rings. The van der Waals surface area contributed by atoms with Crippen molar-refractivity contribution in [1.82, 2.24) is 5.32 Å². The van der Waals surface area contributed by atoms with Gasteiger partial charge >= 0.3 is 0 Å². The second-order valence-corrected chi connectivity index (χ2v) is 4.78. The molecule has 2 unspecified atom stereocenters. The van der Waals surface area contributed by atoms with Crippen LogP contribution in [0.2, 0.25) is 0 Å². The maximum absolute atomic E-state index is 13.6. The maximum Gasteiger partial charge on any atom is 0.241 e. The van der Waals surface area contributed by atoms with Gasteiger partial charge in [0, 0.05) is 5.56 Å². The fourth-order valence-electron chi connectivity index (χ4n) is 2.04. The molecule has 0 fully saturated rings. The van der Waals surface area contributed by atoms with Crippen LogP contribution in [0.1, 0.15) is 30.1 Å². The summed E-state index contributed by atoms with van der Waals surface area (Å²) in [5, 5.41) is 2.59. The van der Waals surface area contributed by atoms with Crippen molar-refractivity contribution >= 4 is 5.91 Å². The normalized spacial score (nSPS) is 13.5. The average Bonchev–Trinajstić information content (AvgIpc) is 2.49. The topological polar surface area (TPSA) is 55.1 Å². The minimum Gasteiger partial charge on any atom is -0.348 e. The standard InChI is InChI=1S/C16H16F2N2O/c1-10(13-9-12(17)7-8-14(13)18)20-16(21)15(19)11-5-3-2-4-6-11/h2-10,15H,19H2,1H3,(H,20,21). The minimum atomic E-state index is -0.856. The summed E-state index contributed by atoms with van der Waals surface area (Å²) in [5.41, 5.74) is 6.59. The van der Waals surface area contributed by atoms with Gasteiger partial charge in [0.15, 0.2) is 0 Å². The largest absolute Gasteiger partial charge is 0.348 e. The molecular formula is C16H16F2N2O. The van der Waals surface area contributed by atoms with Crippen LogP contribution in [0.3, 0.4) is 0 Å². The highest BCUT2D eigenvalue weighted by Crippen LogP contribution is 2.19. The van der Waals surface area contributed by atoms with E-state index in [1.165, 1.54) is 0 Å². The Hall–Kier alpha value is -2.27. The van der Waals surface area contributed by atoms with E-state index in [1.54, 1.807) is 31.2 Å². The number of nitrogens with two attached hydrogens (primary N) is 1. The van der Waals surface area contributed by atoms with E-state index < -0.39 is 29.6 Å². The Bertz CT molecular complexity index is 631. The van der Waals surface area contributed by atoms with E-state index in [1.807, 2.05) is 6.07 Å². The lowest BCUT2D eigenvalue weighted by Gasteiger charge is -2.18. The van der Waals surface area contributed by atoms with Gasteiger partial charge in [0.05, 0.1) is 6.04 Å². The van der Waals surface area contributed by atoms with Gasteiger partial charge in [-0.25, -0.2) is 8.78 Å². The number of rotatable bonds is 4. The van der Waals surface area contributed by atoms with E-state index in [0.717, 1.165) is 18.2 Å². The molecule has 0 heterocycles. The zero-order chi connectivity index (χ0) is 15.4. The number of benzene rings is 2. The first-order valence-corrected chi connectivity index (χ1v) is 6.55. The van der Waals surface area contributed by atoms with E-state index in [2.05, 4.69) is 5.32 Å². The van der Waals surface area contributed by atoms with Gasteiger partial charge < -0.3 is 11.1 Å². The molecule has 0 saturated carbocycles. The van der Waals surface area contributed by atoms with E-state index in [0.29, 0.717) is 5.56 Å². The minimum absolute atomic E-state index is 0.0867. The highest BCUT2D eigenvalue weighted by atomic mass is 19.1. The fraction of sp³-hybridized carbons (Fsp3) is 0.188. The molecule has 0 aliphatic heterocycles. The zero-order valence-corrected chi connectivity index (χ0v) is 11.5. The molecule has 2 aromatic carbocycles. The van der Waals surface area contributed by atoms with Crippen LogP contribution in [0.4, 0.5) is 8.78 Å². The first-order valence-electron chi connectivity index (χ1n) is 6.55. The third kappa shape index (κ3) is 3.64. The second kappa shape index (κ2) is 6.45. The van der Waals surface area contributed by atoms with E-state index in [-0.39, 0.29) is 5.56 Å². The Morgan fingerprint density at radius 2 is 1.81 bits per heavy atom. The molecule has 110 valence electrons. The third-order valence-corrected chi connectivity index (χ3v) is 3.22. The molecule has 3 N–H and O–H groups in total. The first kappa shape index (κ1) is 15.1. The second-order valence-electron chi connectivity index (χ2n) is 4.78. The summed E-state index contributed by atoms with van der Waals surface area (Å²) in [6.07, 6.45) is 0. The predicted octanol–water partition coefficient (Wildman–Crippen LogP) is 2.84. The molecular weight excluding hydrogens is 274 g/mol. The smallest absolute Gasteiger partial charge is 0.241 e. The summed E-state index contributed by atoms with van der Waals surface area (Å²) < 4.78 is 26.8. The van der Waals surface area contributed by atoms with Gasteiger partial charge in [0.25, 0.3) is 0 Å². The first-order chi connectivity index (χ1) is 9.99. The van der Waals surface area contributed by atoms with Crippen molar-refractivity contribution in [2.24, 2.45) is 5.73 Å². The van der Waals surface area contributed by atoms with Crippen LogP contribution < -0.4 is 11.1 Å². The van der Waals surface area contributed by atoms with Gasteiger partial charge in [0.2, 0.25) is 5.91 Å². The number of carbonyl (C=O) groups excluding carboxylic acids is 1. The summed E-state index contributed by atoms with van der Waals surface area (Å²) in [7, 11) is 0. The summed E-state index contributed by atoms with van der Waals surface area (Å²) in [6, 6.07) is 10.4. The number of hydrogen-bond acceptors (Lipinski definition) is 2. The molecule has 5 heteroatoms. The summed E-state index contributed by atoms with van der Waals surface area (Å²) in [5.74, 6) is -1.57. The van der Waals surface area contributed by atoms with Gasteiger partial charge in [-0.05, 0) is 30.7 Å². The molecule has 0 aromatic heterocycles. The Balaban J connectivity index is 2.10. The quantitative estimate of drug-likeness (QED) is 0.909. The van der Waals surface area contributed by atoms with Crippen molar-refractivity contribution in [1.29, 1.82) is 0 Å². The summed E-state index contributed by atoms with van der Waals surface area (Å²) >= 11 is 0. The van der Waals surface area contributed by atoms with E-state index in [4.69, 9.17) is 5.73 Å². The van der Waals surface area contributed by atoms with Crippen molar-refractivity contribution < 1.29 is 13.6 Å². The Labute approximate surface area is 121 Å². The summed E-state index contributed by atoms with van der Waals surface area (Å²) in [6.45, 7) is 1.58. The Morgan fingerprint density at radius 3 is 2.48 bits per heavy atom. The molecule has 0 aliphatic carbocycles. The van der Waals surface area contributed by atoms with Crippen LogP contribution in [-0.2, 0) is 4.79 Å². The molecule has 3 nitrogen and oxygen atoms in total. The van der Waals surface area contributed by atoms with Crippen LogP contribution in [0, 0.1) is 11.6 Å². The van der Waals surface area contributed by atoms with Gasteiger partial charge in [-0.3, -0.25) is 4.79 Å². The molecule has 1 amide bonds. The lowest BCUT2D eigenvalue weighted by Crippen LogP contribution is -2.36. The fourth-order valence-corrected chi connectivity index (χ4v) is 2.04. The monoisotopic (exact) mass is 290 g/mol. The zero-order valence-electron chi connectivity index (χ0n) is 11.5. The number of halogens is 2. The predicted molar refractivity (Wildman–Crippen MR) is 76.3 cm³/mol. The lowest BCUT2D eigenvalue weighted by atomic mass is 10.0. The highest BCUT2D eigenvalue weighted by molar-refractivity contribution is 5.83. The highest BCUT2D eigenvalue weighted by Gasteiger charge is 2.20. The lowest BCUT2D eigenvalue weighted by molar-refractivity contribution is -0.123. The van der Waals surface area contributed by atoms with Crippen molar-refractivity contribution in [3.63, 3.8) is 0 Å². The molecule has 2 aromatic rings. The van der Waals surface area contributed by atoms with Gasteiger partial charge in [-0.15, -0.1) is 0 Å². The Morgan fingerprint density at radius 1 is 1.14 bits per heavy atom. The van der Waals surface area contributed by atoms with Crippen molar-refractivity contribution in [2.75, 3.05) is 0 Å². The summed E-state index contributed by atoms with van der Waals surface area (Å²) in [4.78, 5) is 12.1. The van der Waals surface area contributed by atoms with E-state index in [9.17, 15) is 13.6 Å². The SMILES string of the molecule is CC(NC(=O)C(N)c1ccccc1)c1cc(F)ccc1F. The molecule has 0 bridgehead atoms. The molecule has 21 heavy (non-hydrogen) atoms. The van der Waals surface area contributed by atoms with Crippen LogP contribution in [0.15, 0.2) is 48.5 Å². The number of nitrogens with one attached hydrogen (secondary N) is 1. The molecule has 0 spiro atoms. The molecule has 2 rings (SSSR count). The molecule has 0 saturated heterocycles. The number of carbonyl (C=O) groups is 1. The van der Waals surface area contributed by atoms with Crippen molar-refractivity contribution in [3.8, 4) is 0 Å². The van der Waals surface area contributed by atoms with Crippen LogP contribution in [0.25, 0.3) is 0 Å². The molecule has 0 radical (unpaired) electrons. The Kier molecular flexibility index (Phi) is 4.65. The van der Waals surface area contributed by atoms with Crippen molar-refractivity contribution in [3.05, 3.63) is 71.3 Å². The van der Waals surface area contributed by atoms with Crippen LogP contribution in [-0.4, -0.2) is 5.91 Å². The van der Waals surface area contributed by atoms with Crippen LogP contribution in [0.5, 0.6) is 0 Å². The van der Waals surface area contributed by atoms with Crippen molar-refractivity contribution in [2.45, 2.75) is 19.0 Å². The third-order valence-electron chi connectivity index (χ3n) is 3.22. The average molecular weight is 290 g/mol. The maximum atomic E-state index is 13.6. The van der Waals surface area contributed by atoms with Gasteiger partial charge in [0.1, 0.15) is 17.7 Å². The number of hydrogen-bond donors (Lipinski definition) is 2. The van der Waals surface area contributed by atoms with Gasteiger partial charge in [-0.1, -0.05) is 30.3 Å². The van der Waals surface area contributed by atoms with Crippen LogP contribution >= 0.6 is 0 Å². The number of amides is 1. The molecule has 2 atom stereocenters. The van der Waals surface area contributed by atoms with Gasteiger partial charge in [-0.2, -0.15) is 0 Å².